The van der Waals surface area contributed by atoms with Gasteiger partial charge in [0.2, 0.25) is 0 Å². The van der Waals surface area contributed by atoms with E-state index in [1.165, 1.54) is 70.2 Å². The zero-order valence-electron chi connectivity index (χ0n) is 31.4. The molecular weight excluding hydrogens is 577 g/mol. The molecule has 0 bridgehead atoms. The fraction of sp³-hybridized carbons (Fsp3) is 0.458. The molecule has 0 heterocycles. The number of aryl methyl sites for hydroxylation is 1. The Labute approximate surface area is 296 Å². The summed E-state index contributed by atoms with van der Waals surface area (Å²) in [6.07, 6.45) is 11.1. The third-order valence-electron chi connectivity index (χ3n) is 10.9. The molecular formula is C48H66. The second-order valence-electron chi connectivity index (χ2n) is 15.1. The van der Waals surface area contributed by atoms with E-state index in [1.54, 1.807) is 0 Å². The van der Waals surface area contributed by atoms with Gasteiger partial charge in [0.1, 0.15) is 0 Å². The van der Waals surface area contributed by atoms with Crippen LogP contribution in [0.15, 0.2) is 122 Å². The summed E-state index contributed by atoms with van der Waals surface area (Å²) in [4.78, 5) is 0. The first-order valence-corrected chi connectivity index (χ1v) is 18.9. The van der Waals surface area contributed by atoms with E-state index in [2.05, 4.69) is 153 Å². The fourth-order valence-electron chi connectivity index (χ4n) is 7.58. The molecule has 0 fully saturated rings. The Hall–Kier alpha value is -3.38. The van der Waals surface area contributed by atoms with Crippen molar-refractivity contribution in [2.24, 2.45) is 35.5 Å². The molecule has 0 heteroatoms. The van der Waals surface area contributed by atoms with Gasteiger partial charge in [0.05, 0.1) is 0 Å². The topological polar surface area (TPSA) is 0 Å². The number of allylic oxidation sites excluding steroid dienone is 4. The summed E-state index contributed by atoms with van der Waals surface area (Å²) < 4.78 is 0. The van der Waals surface area contributed by atoms with E-state index in [-0.39, 0.29) is 0 Å². The van der Waals surface area contributed by atoms with Gasteiger partial charge in [-0.1, -0.05) is 171 Å². The van der Waals surface area contributed by atoms with Crippen molar-refractivity contribution < 1.29 is 0 Å². The van der Waals surface area contributed by atoms with E-state index in [0.717, 1.165) is 38.5 Å². The average Bonchev–Trinajstić information content (AvgIpc) is 3.09. The van der Waals surface area contributed by atoms with Crippen molar-refractivity contribution in [2.75, 3.05) is 0 Å². The molecule has 0 saturated heterocycles. The Kier molecular flexibility index (Phi) is 16.4. The maximum atomic E-state index is 4.68. The first-order valence-electron chi connectivity index (χ1n) is 18.9. The molecule has 0 nitrogen and oxygen atoms in total. The normalized spacial score (nSPS) is 14.0. The standard InChI is InChI=1S/C48H66/c1-11-20-44(21-12-2)41(10)46-27-19-26-45(34-46)40(9)31-47(33-43-24-17-14-18-25-43)39(8)30-37(6)38(7)32-48(35(3)4)36(5)28-29-42-22-15-13-16-23-42/h13-19,22-27,34-35,37,39,44,47-48H,5,7,9-12,20-21,28-33H2,1-4,6,8H3/t37-,39+,47+,48+/m1/s1. The lowest BCUT2D eigenvalue weighted by Crippen LogP contribution is -2.20. The molecule has 0 unspecified atom stereocenters. The molecule has 3 aromatic carbocycles. The molecule has 0 spiro atoms. The summed E-state index contributed by atoms with van der Waals surface area (Å²) in [6.45, 7) is 32.6. The molecule has 4 atom stereocenters. The lowest BCUT2D eigenvalue weighted by molar-refractivity contribution is 0.304. The van der Waals surface area contributed by atoms with Gasteiger partial charge < -0.3 is 0 Å². The van der Waals surface area contributed by atoms with Crippen molar-refractivity contribution in [3.63, 3.8) is 0 Å². The summed E-state index contributed by atoms with van der Waals surface area (Å²) in [7, 11) is 0. The second kappa shape index (κ2) is 20.2. The van der Waals surface area contributed by atoms with Gasteiger partial charge in [-0.05, 0) is 126 Å². The largest absolute Gasteiger partial charge is 0.0996 e. The van der Waals surface area contributed by atoms with Gasteiger partial charge in [0.15, 0.2) is 0 Å². The maximum Gasteiger partial charge on any atom is -0.0145 e. The predicted octanol–water partition coefficient (Wildman–Crippen LogP) is 14.2. The molecule has 0 aliphatic rings. The summed E-state index contributed by atoms with van der Waals surface area (Å²) in [5.74, 6) is 3.06. The smallest absolute Gasteiger partial charge is 0.0145 e. The average molecular weight is 643 g/mol. The van der Waals surface area contributed by atoms with Gasteiger partial charge in [0, 0.05) is 0 Å². The van der Waals surface area contributed by atoms with E-state index in [9.17, 15) is 0 Å². The van der Waals surface area contributed by atoms with E-state index in [4.69, 9.17) is 0 Å². The van der Waals surface area contributed by atoms with Gasteiger partial charge in [-0.15, -0.1) is 0 Å². The number of rotatable bonds is 22. The van der Waals surface area contributed by atoms with E-state index in [1.807, 2.05) is 0 Å². The first-order chi connectivity index (χ1) is 23.0. The molecule has 258 valence electrons. The van der Waals surface area contributed by atoms with Crippen LogP contribution in [-0.2, 0) is 12.8 Å². The number of benzene rings is 3. The number of hydrogen-bond acceptors (Lipinski definition) is 0. The van der Waals surface area contributed by atoms with Crippen LogP contribution >= 0.6 is 0 Å². The minimum absolute atomic E-state index is 0.454. The van der Waals surface area contributed by atoms with Crippen molar-refractivity contribution in [3.05, 3.63) is 145 Å². The Morgan fingerprint density at radius 2 is 1.23 bits per heavy atom. The van der Waals surface area contributed by atoms with Crippen LogP contribution in [0.1, 0.15) is 115 Å². The molecule has 48 heavy (non-hydrogen) atoms. The van der Waals surface area contributed by atoms with Crippen LogP contribution in [0.25, 0.3) is 11.1 Å². The van der Waals surface area contributed by atoms with E-state index >= 15 is 0 Å². The van der Waals surface area contributed by atoms with Crippen molar-refractivity contribution >= 4 is 11.1 Å². The van der Waals surface area contributed by atoms with Crippen LogP contribution in [-0.4, -0.2) is 0 Å². The van der Waals surface area contributed by atoms with Crippen molar-refractivity contribution in [2.45, 2.75) is 106 Å². The summed E-state index contributed by atoms with van der Waals surface area (Å²) in [5.41, 5.74) is 10.6. The summed E-state index contributed by atoms with van der Waals surface area (Å²) in [6, 6.07) is 30.9. The van der Waals surface area contributed by atoms with Crippen molar-refractivity contribution in [1.82, 2.24) is 0 Å². The predicted molar refractivity (Wildman–Crippen MR) is 215 cm³/mol. The minimum atomic E-state index is 0.454. The van der Waals surface area contributed by atoms with Crippen LogP contribution in [0.3, 0.4) is 0 Å². The lowest BCUT2D eigenvalue weighted by atomic mass is 9.74. The summed E-state index contributed by atoms with van der Waals surface area (Å²) >= 11 is 0. The van der Waals surface area contributed by atoms with Gasteiger partial charge in [-0.3, -0.25) is 0 Å². The Balaban J connectivity index is 1.71. The van der Waals surface area contributed by atoms with Crippen LogP contribution in [0.2, 0.25) is 0 Å². The van der Waals surface area contributed by atoms with Crippen molar-refractivity contribution in [1.29, 1.82) is 0 Å². The molecule has 3 rings (SSSR count). The van der Waals surface area contributed by atoms with E-state index in [0.29, 0.717) is 35.5 Å². The van der Waals surface area contributed by atoms with Crippen LogP contribution in [0.4, 0.5) is 0 Å². The maximum absolute atomic E-state index is 4.68. The summed E-state index contributed by atoms with van der Waals surface area (Å²) in [5, 5.41) is 0. The van der Waals surface area contributed by atoms with Gasteiger partial charge in [0.25, 0.3) is 0 Å². The molecule has 0 aliphatic heterocycles. The minimum Gasteiger partial charge on any atom is -0.0996 e. The molecule has 0 amide bonds. The highest BCUT2D eigenvalue weighted by molar-refractivity contribution is 5.71. The SMILES string of the molecule is C=C(C[C@@H](Cc1ccccc1)[C@@H](C)C[C@@H](C)C(=C)C[C@H](C(=C)CCc1ccccc1)C(C)C)c1cccc(C(=C)C(CCC)CCC)c1. The Bertz CT molecular complexity index is 1420. The third-order valence-corrected chi connectivity index (χ3v) is 10.9. The molecule has 0 aromatic heterocycles. The highest BCUT2D eigenvalue weighted by atomic mass is 14.3. The Morgan fingerprint density at radius 1 is 0.646 bits per heavy atom. The van der Waals surface area contributed by atoms with E-state index < -0.39 is 0 Å². The fourth-order valence-corrected chi connectivity index (χ4v) is 7.58. The molecule has 0 N–H and O–H groups in total. The zero-order valence-corrected chi connectivity index (χ0v) is 31.4. The second-order valence-corrected chi connectivity index (χ2v) is 15.1. The van der Waals surface area contributed by atoms with Gasteiger partial charge >= 0.3 is 0 Å². The molecule has 0 radical (unpaired) electrons. The van der Waals surface area contributed by atoms with Crippen LogP contribution in [0.5, 0.6) is 0 Å². The lowest BCUT2D eigenvalue weighted by Gasteiger charge is -2.31. The third kappa shape index (κ3) is 12.3. The van der Waals surface area contributed by atoms with Gasteiger partial charge in [-0.25, -0.2) is 0 Å². The molecule has 0 saturated carbocycles. The highest BCUT2D eigenvalue weighted by Gasteiger charge is 2.25. The Morgan fingerprint density at radius 3 is 1.81 bits per heavy atom. The highest BCUT2D eigenvalue weighted by Crippen LogP contribution is 2.38. The molecule has 0 aliphatic carbocycles. The van der Waals surface area contributed by atoms with Gasteiger partial charge in [-0.2, -0.15) is 0 Å². The van der Waals surface area contributed by atoms with Crippen molar-refractivity contribution in [3.8, 4) is 0 Å². The first kappa shape index (κ1) is 39.1. The van der Waals surface area contributed by atoms with Crippen LogP contribution < -0.4 is 0 Å². The quantitative estimate of drug-likeness (QED) is 0.0957. The monoisotopic (exact) mass is 643 g/mol. The number of hydrogen-bond donors (Lipinski definition) is 0. The zero-order chi connectivity index (χ0) is 35.1. The molecule has 3 aromatic rings. The van der Waals surface area contributed by atoms with Crippen LogP contribution in [0, 0.1) is 35.5 Å².